The number of fused-ring (bicyclic) bond motifs is 3. The molecule has 0 aliphatic heterocycles. The van der Waals surface area contributed by atoms with Gasteiger partial charge in [-0.2, -0.15) is 0 Å². The highest BCUT2D eigenvalue weighted by Gasteiger charge is 2.24. The van der Waals surface area contributed by atoms with Gasteiger partial charge in [-0.15, -0.1) is 11.3 Å². The van der Waals surface area contributed by atoms with E-state index in [-0.39, 0.29) is 11.0 Å². The summed E-state index contributed by atoms with van der Waals surface area (Å²) in [6.07, 6.45) is 5.14. The normalized spacial score (nSPS) is 19.9. The lowest BCUT2D eigenvalue weighted by Gasteiger charge is -2.18. The number of aryl methyl sites for hydroxylation is 1. The molecule has 5 heteroatoms. The number of carbonyl (C=O) groups excluding carboxylic acids is 1. The molecule has 0 unspecified atom stereocenters. The fourth-order valence-corrected chi connectivity index (χ4v) is 4.95. The second-order valence-corrected chi connectivity index (χ2v) is 7.99. The maximum Gasteiger partial charge on any atom is 0.142 e. The Morgan fingerprint density at radius 1 is 1.50 bits per heavy atom. The Kier molecular flexibility index (Phi) is 3.82. The van der Waals surface area contributed by atoms with Gasteiger partial charge in [0.25, 0.3) is 0 Å². The quantitative estimate of drug-likeness (QED) is 0.637. The van der Waals surface area contributed by atoms with Gasteiger partial charge in [-0.25, -0.2) is 9.97 Å². The standard InChI is InChI=1S/C15H18N2OS2/c1-8-4-5-11-12(6-8)20-15-13(11)14(16-7-17-15)19-10(3)9(2)18/h7-8,10H,4-6H2,1-3H3/t8-,10-/m0/s1. The molecule has 0 spiro atoms. The van der Waals surface area contributed by atoms with Crippen molar-refractivity contribution in [1.82, 2.24) is 9.97 Å². The van der Waals surface area contributed by atoms with Crippen LogP contribution in [0.1, 0.15) is 37.6 Å². The first-order valence-corrected chi connectivity index (χ1v) is 8.68. The summed E-state index contributed by atoms with van der Waals surface area (Å²) in [5, 5.41) is 2.13. The number of aromatic nitrogens is 2. The Balaban J connectivity index is 2.07. The molecule has 0 fully saturated rings. The van der Waals surface area contributed by atoms with E-state index in [0.29, 0.717) is 0 Å². The van der Waals surface area contributed by atoms with E-state index in [1.54, 1.807) is 36.3 Å². The Morgan fingerprint density at radius 3 is 3.05 bits per heavy atom. The SMILES string of the molecule is CC(=O)[C@H](C)Sc1ncnc2sc3c(c12)CC[C@H](C)C3. The molecule has 0 saturated carbocycles. The Bertz CT molecular complexity index is 665. The predicted molar refractivity (Wildman–Crippen MR) is 84.6 cm³/mol. The largest absolute Gasteiger partial charge is 0.299 e. The van der Waals surface area contributed by atoms with Crippen molar-refractivity contribution in [2.24, 2.45) is 5.92 Å². The van der Waals surface area contributed by atoms with Crippen LogP contribution in [0.3, 0.4) is 0 Å². The number of thiophene rings is 1. The first-order valence-electron chi connectivity index (χ1n) is 6.98. The molecule has 106 valence electrons. The van der Waals surface area contributed by atoms with Gasteiger partial charge in [-0.3, -0.25) is 4.79 Å². The summed E-state index contributed by atoms with van der Waals surface area (Å²) < 4.78 is 0. The van der Waals surface area contributed by atoms with Gasteiger partial charge in [0.1, 0.15) is 22.0 Å². The third-order valence-corrected chi connectivity index (χ3v) is 6.30. The molecule has 2 aromatic rings. The first kappa shape index (κ1) is 14.0. The van der Waals surface area contributed by atoms with Gasteiger partial charge >= 0.3 is 0 Å². The van der Waals surface area contributed by atoms with Gasteiger partial charge in [0.05, 0.1) is 5.25 Å². The van der Waals surface area contributed by atoms with Crippen molar-refractivity contribution in [1.29, 1.82) is 0 Å². The summed E-state index contributed by atoms with van der Waals surface area (Å²) in [5.41, 5.74) is 1.43. The van der Waals surface area contributed by atoms with Gasteiger partial charge in [0, 0.05) is 10.3 Å². The fraction of sp³-hybridized carbons (Fsp3) is 0.533. The smallest absolute Gasteiger partial charge is 0.142 e. The molecule has 3 rings (SSSR count). The van der Waals surface area contributed by atoms with E-state index >= 15 is 0 Å². The van der Waals surface area contributed by atoms with Crippen molar-refractivity contribution >= 4 is 39.1 Å². The summed E-state index contributed by atoms with van der Waals surface area (Å²) in [4.78, 5) is 22.9. The average molecular weight is 306 g/mol. The highest BCUT2D eigenvalue weighted by Crippen LogP contribution is 2.41. The minimum Gasteiger partial charge on any atom is -0.299 e. The van der Waals surface area contributed by atoms with Crippen LogP contribution < -0.4 is 0 Å². The number of nitrogens with zero attached hydrogens (tertiary/aromatic N) is 2. The number of rotatable bonds is 3. The molecule has 0 aromatic carbocycles. The molecule has 1 aliphatic carbocycles. The van der Waals surface area contributed by atoms with Crippen molar-refractivity contribution in [2.45, 2.75) is 50.3 Å². The molecular formula is C15H18N2OS2. The van der Waals surface area contributed by atoms with Crippen LogP contribution in [-0.4, -0.2) is 21.0 Å². The molecule has 0 N–H and O–H groups in total. The van der Waals surface area contributed by atoms with Crippen molar-refractivity contribution < 1.29 is 4.79 Å². The second kappa shape index (κ2) is 5.45. The lowest BCUT2D eigenvalue weighted by Crippen LogP contribution is -2.10. The monoisotopic (exact) mass is 306 g/mol. The van der Waals surface area contributed by atoms with Crippen LogP contribution in [-0.2, 0) is 17.6 Å². The molecule has 3 nitrogen and oxygen atoms in total. The zero-order valence-corrected chi connectivity index (χ0v) is 13.6. The first-order chi connectivity index (χ1) is 9.56. The van der Waals surface area contributed by atoms with Gasteiger partial charge < -0.3 is 0 Å². The van der Waals surface area contributed by atoms with Crippen molar-refractivity contribution in [2.75, 3.05) is 0 Å². The number of hydrogen-bond acceptors (Lipinski definition) is 5. The maximum absolute atomic E-state index is 11.5. The molecule has 0 bridgehead atoms. The average Bonchev–Trinajstić information content (AvgIpc) is 2.76. The van der Waals surface area contributed by atoms with E-state index in [0.717, 1.165) is 28.6 Å². The third kappa shape index (κ3) is 2.49. The second-order valence-electron chi connectivity index (χ2n) is 5.58. The molecule has 2 heterocycles. The molecule has 2 aromatic heterocycles. The summed E-state index contributed by atoms with van der Waals surface area (Å²) in [5.74, 6) is 0.954. The minimum absolute atomic E-state index is 0.0498. The molecule has 0 saturated heterocycles. The zero-order valence-electron chi connectivity index (χ0n) is 12.0. The van der Waals surface area contributed by atoms with E-state index in [2.05, 4.69) is 16.9 Å². The topological polar surface area (TPSA) is 42.9 Å². The van der Waals surface area contributed by atoms with Gasteiger partial charge in [0.15, 0.2) is 0 Å². The molecule has 1 aliphatic rings. The number of thioether (sulfide) groups is 1. The van der Waals surface area contributed by atoms with Crippen LogP contribution in [0.5, 0.6) is 0 Å². The van der Waals surface area contributed by atoms with Crippen molar-refractivity contribution in [3.8, 4) is 0 Å². The summed E-state index contributed by atoms with van der Waals surface area (Å²) in [7, 11) is 0. The third-order valence-electron chi connectivity index (χ3n) is 3.92. The molecular weight excluding hydrogens is 288 g/mol. The maximum atomic E-state index is 11.5. The van der Waals surface area contributed by atoms with E-state index in [4.69, 9.17) is 0 Å². The highest BCUT2D eigenvalue weighted by molar-refractivity contribution is 8.00. The van der Waals surface area contributed by atoms with Gasteiger partial charge in [-0.05, 0) is 44.6 Å². The van der Waals surface area contributed by atoms with Gasteiger partial charge in [0.2, 0.25) is 0 Å². The van der Waals surface area contributed by atoms with Crippen LogP contribution in [0, 0.1) is 5.92 Å². The summed E-state index contributed by atoms with van der Waals surface area (Å²) in [6, 6.07) is 0. The van der Waals surface area contributed by atoms with E-state index < -0.39 is 0 Å². The van der Waals surface area contributed by atoms with Gasteiger partial charge in [-0.1, -0.05) is 18.7 Å². The van der Waals surface area contributed by atoms with E-state index in [9.17, 15) is 4.79 Å². The number of Topliss-reactive ketones (excluding diaryl/α,β-unsaturated/α-hetero) is 1. The molecule has 20 heavy (non-hydrogen) atoms. The highest BCUT2D eigenvalue weighted by atomic mass is 32.2. The molecule has 2 atom stereocenters. The number of carbonyl (C=O) groups is 1. The number of ketones is 1. The summed E-state index contributed by atoms with van der Waals surface area (Å²) >= 11 is 3.37. The van der Waals surface area contributed by atoms with Crippen LogP contribution >= 0.6 is 23.1 Å². The molecule has 0 radical (unpaired) electrons. The van der Waals surface area contributed by atoms with Crippen LogP contribution in [0.25, 0.3) is 10.2 Å². The molecule has 0 amide bonds. The van der Waals surface area contributed by atoms with E-state index in [1.165, 1.54) is 22.2 Å². The van der Waals surface area contributed by atoms with Crippen molar-refractivity contribution in [3.63, 3.8) is 0 Å². The summed E-state index contributed by atoms with van der Waals surface area (Å²) in [6.45, 7) is 5.90. The Labute approximate surface area is 127 Å². The minimum atomic E-state index is -0.0498. The number of hydrogen-bond donors (Lipinski definition) is 0. The lowest BCUT2D eigenvalue weighted by molar-refractivity contribution is -0.116. The van der Waals surface area contributed by atoms with E-state index in [1.807, 2.05) is 6.92 Å². The van der Waals surface area contributed by atoms with Crippen molar-refractivity contribution in [3.05, 3.63) is 16.8 Å². The zero-order chi connectivity index (χ0) is 14.3. The Hall–Kier alpha value is -0.940. The predicted octanol–water partition coefficient (Wildman–Crippen LogP) is 3.89. The Morgan fingerprint density at radius 2 is 2.30 bits per heavy atom. The van der Waals surface area contributed by atoms with Crippen LogP contribution in [0.4, 0.5) is 0 Å². The lowest BCUT2D eigenvalue weighted by atomic mass is 9.89. The van der Waals surface area contributed by atoms with Crippen LogP contribution in [0.15, 0.2) is 11.4 Å². The fourth-order valence-electron chi connectivity index (χ4n) is 2.59. The van der Waals surface area contributed by atoms with Crippen LogP contribution in [0.2, 0.25) is 0 Å².